The average molecular weight is 234 g/mol. The van der Waals surface area contributed by atoms with Crippen LogP contribution in [0, 0.1) is 13.8 Å². The normalized spacial score (nSPS) is 13.4. The van der Waals surface area contributed by atoms with Crippen LogP contribution >= 0.6 is 0 Å². The Hall–Kier alpha value is -1.61. The van der Waals surface area contributed by atoms with E-state index in [1.54, 1.807) is 6.92 Å². The van der Waals surface area contributed by atoms with Crippen molar-refractivity contribution in [1.82, 2.24) is 0 Å². The third-order valence-electron chi connectivity index (χ3n) is 2.82. The van der Waals surface area contributed by atoms with Gasteiger partial charge in [0.25, 0.3) is 0 Å². The van der Waals surface area contributed by atoms with Gasteiger partial charge in [-0.3, -0.25) is 0 Å². The lowest BCUT2D eigenvalue weighted by atomic mass is 9.98. The van der Waals surface area contributed by atoms with Crippen molar-refractivity contribution in [3.63, 3.8) is 0 Å². The number of carbonyl (C=O) groups is 1. The van der Waals surface area contributed by atoms with Crippen LogP contribution in [-0.4, -0.2) is 18.2 Å². The smallest absolute Gasteiger partial charge is 0.330 e. The molecule has 0 amide bonds. The van der Waals surface area contributed by atoms with E-state index in [2.05, 4.69) is 4.74 Å². The lowest BCUT2D eigenvalue weighted by molar-refractivity contribution is -0.134. The van der Waals surface area contributed by atoms with E-state index in [0.29, 0.717) is 5.57 Å². The maximum absolute atomic E-state index is 11.1. The molecule has 1 unspecified atom stereocenters. The van der Waals surface area contributed by atoms with Gasteiger partial charge in [-0.25, -0.2) is 4.79 Å². The predicted octanol–water partition coefficient (Wildman–Crippen LogP) is 2.46. The molecule has 17 heavy (non-hydrogen) atoms. The molecular formula is C14H18O3. The molecule has 1 rings (SSSR count). The van der Waals surface area contributed by atoms with Gasteiger partial charge in [0.05, 0.1) is 7.11 Å². The summed E-state index contributed by atoms with van der Waals surface area (Å²) in [6.45, 7) is 5.71. The number of aliphatic hydroxyl groups is 1. The maximum Gasteiger partial charge on any atom is 0.330 e. The second-order valence-corrected chi connectivity index (χ2v) is 4.16. The van der Waals surface area contributed by atoms with Gasteiger partial charge in [-0.2, -0.15) is 0 Å². The lowest BCUT2D eigenvalue weighted by Crippen LogP contribution is -2.04. The van der Waals surface area contributed by atoms with Crippen LogP contribution in [0.2, 0.25) is 0 Å². The van der Waals surface area contributed by atoms with E-state index < -0.39 is 12.1 Å². The first-order chi connectivity index (χ1) is 7.95. The highest BCUT2D eigenvalue weighted by molar-refractivity contribution is 5.82. The molecule has 0 spiro atoms. The summed E-state index contributed by atoms with van der Waals surface area (Å²) in [4.78, 5) is 11.1. The molecule has 0 saturated carbocycles. The van der Waals surface area contributed by atoms with Crippen LogP contribution in [0.1, 0.15) is 29.7 Å². The number of carbonyl (C=O) groups excluding carboxylic acids is 1. The van der Waals surface area contributed by atoms with Gasteiger partial charge < -0.3 is 9.84 Å². The molecule has 0 aliphatic rings. The topological polar surface area (TPSA) is 46.5 Å². The van der Waals surface area contributed by atoms with Gasteiger partial charge in [0.2, 0.25) is 0 Å². The fourth-order valence-corrected chi connectivity index (χ4v) is 1.52. The van der Waals surface area contributed by atoms with E-state index in [9.17, 15) is 9.90 Å². The zero-order valence-electron chi connectivity index (χ0n) is 10.7. The Balaban J connectivity index is 2.96. The Morgan fingerprint density at radius 3 is 2.53 bits per heavy atom. The van der Waals surface area contributed by atoms with Crippen LogP contribution < -0.4 is 0 Å². The summed E-state index contributed by atoms with van der Waals surface area (Å²) in [6, 6.07) is 5.75. The minimum absolute atomic E-state index is 0.453. The van der Waals surface area contributed by atoms with Gasteiger partial charge in [-0.1, -0.05) is 18.2 Å². The zero-order chi connectivity index (χ0) is 13.0. The largest absolute Gasteiger partial charge is 0.466 e. The third kappa shape index (κ3) is 3.43. The molecule has 0 saturated heterocycles. The Kier molecular flexibility index (Phi) is 4.46. The van der Waals surface area contributed by atoms with Gasteiger partial charge in [-0.15, -0.1) is 0 Å². The van der Waals surface area contributed by atoms with Crippen molar-refractivity contribution in [3.05, 3.63) is 46.5 Å². The van der Waals surface area contributed by atoms with Crippen LogP contribution in [0.4, 0.5) is 0 Å². The fourth-order valence-electron chi connectivity index (χ4n) is 1.52. The first kappa shape index (κ1) is 13.5. The predicted molar refractivity (Wildman–Crippen MR) is 66.6 cm³/mol. The van der Waals surface area contributed by atoms with Crippen molar-refractivity contribution < 1.29 is 14.6 Å². The van der Waals surface area contributed by atoms with E-state index in [4.69, 9.17) is 0 Å². The van der Waals surface area contributed by atoms with Crippen LogP contribution in [0.3, 0.4) is 0 Å². The number of aryl methyl sites for hydroxylation is 2. The third-order valence-corrected chi connectivity index (χ3v) is 2.82. The summed E-state index contributed by atoms with van der Waals surface area (Å²) >= 11 is 0. The summed E-state index contributed by atoms with van der Waals surface area (Å²) in [6.07, 6.45) is 0.535. The Morgan fingerprint density at radius 1 is 1.35 bits per heavy atom. The average Bonchev–Trinajstić information content (AvgIpc) is 2.31. The fraction of sp³-hybridized carbons (Fsp3) is 0.357. The lowest BCUT2D eigenvalue weighted by Gasteiger charge is -2.13. The van der Waals surface area contributed by atoms with Crippen molar-refractivity contribution in [1.29, 1.82) is 0 Å². The van der Waals surface area contributed by atoms with Crippen LogP contribution in [0.5, 0.6) is 0 Å². The van der Waals surface area contributed by atoms with Crippen molar-refractivity contribution in [2.24, 2.45) is 0 Å². The van der Waals surface area contributed by atoms with Gasteiger partial charge in [-0.05, 0) is 43.0 Å². The summed E-state index contributed by atoms with van der Waals surface area (Å²) in [5, 5.41) is 10.1. The molecular weight excluding hydrogens is 216 g/mol. The zero-order valence-corrected chi connectivity index (χ0v) is 10.7. The summed E-state index contributed by atoms with van der Waals surface area (Å²) < 4.78 is 4.52. The SMILES string of the molecule is COC(=O)/C=C(\C)C(O)c1ccc(C)c(C)c1. The minimum Gasteiger partial charge on any atom is -0.466 e. The van der Waals surface area contributed by atoms with E-state index in [1.165, 1.54) is 18.7 Å². The van der Waals surface area contributed by atoms with Crippen molar-refractivity contribution in [2.75, 3.05) is 7.11 Å². The van der Waals surface area contributed by atoms with E-state index in [1.807, 2.05) is 32.0 Å². The number of methoxy groups -OCH3 is 1. The number of hydrogen-bond donors (Lipinski definition) is 1. The molecule has 0 aliphatic heterocycles. The summed E-state index contributed by atoms with van der Waals surface area (Å²) in [5.41, 5.74) is 3.65. The first-order valence-electron chi connectivity index (χ1n) is 5.47. The molecule has 0 fully saturated rings. The Morgan fingerprint density at radius 2 is 2.00 bits per heavy atom. The molecule has 0 radical (unpaired) electrons. The molecule has 92 valence electrons. The molecule has 3 heteroatoms. The molecule has 0 bridgehead atoms. The minimum atomic E-state index is -0.770. The van der Waals surface area contributed by atoms with E-state index in [0.717, 1.165) is 11.1 Å². The van der Waals surface area contributed by atoms with Crippen molar-refractivity contribution in [2.45, 2.75) is 26.9 Å². The molecule has 1 aromatic rings. The number of ether oxygens (including phenoxy) is 1. The monoisotopic (exact) mass is 234 g/mol. The second kappa shape index (κ2) is 5.64. The van der Waals surface area contributed by atoms with Gasteiger partial charge in [0, 0.05) is 6.08 Å². The molecule has 0 aliphatic carbocycles. The highest BCUT2D eigenvalue weighted by atomic mass is 16.5. The molecule has 3 nitrogen and oxygen atoms in total. The van der Waals surface area contributed by atoms with Crippen LogP contribution in [0.15, 0.2) is 29.8 Å². The standard InChI is InChI=1S/C14H18O3/c1-9-5-6-12(7-10(9)2)14(16)11(3)8-13(15)17-4/h5-8,14,16H,1-4H3/b11-8+. The van der Waals surface area contributed by atoms with Crippen molar-refractivity contribution in [3.8, 4) is 0 Å². The Labute approximate surface area is 102 Å². The molecule has 1 aromatic carbocycles. The van der Waals surface area contributed by atoms with Crippen molar-refractivity contribution >= 4 is 5.97 Å². The van der Waals surface area contributed by atoms with Crippen LogP contribution in [0.25, 0.3) is 0 Å². The summed E-state index contributed by atoms with van der Waals surface area (Å²) in [7, 11) is 1.31. The number of hydrogen-bond acceptors (Lipinski definition) is 3. The molecule has 1 N–H and O–H groups in total. The number of esters is 1. The van der Waals surface area contributed by atoms with Crippen LogP contribution in [-0.2, 0) is 9.53 Å². The van der Waals surface area contributed by atoms with Gasteiger partial charge in [0.1, 0.15) is 6.10 Å². The molecule has 0 aromatic heterocycles. The second-order valence-electron chi connectivity index (χ2n) is 4.16. The Bertz CT molecular complexity index is 447. The first-order valence-corrected chi connectivity index (χ1v) is 5.47. The van der Waals surface area contributed by atoms with E-state index in [-0.39, 0.29) is 0 Å². The number of aliphatic hydroxyl groups excluding tert-OH is 1. The highest BCUT2D eigenvalue weighted by Gasteiger charge is 2.11. The number of rotatable bonds is 3. The van der Waals surface area contributed by atoms with E-state index >= 15 is 0 Å². The number of benzene rings is 1. The quantitative estimate of drug-likeness (QED) is 0.645. The molecule has 1 atom stereocenters. The highest BCUT2D eigenvalue weighted by Crippen LogP contribution is 2.23. The van der Waals surface area contributed by atoms with Gasteiger partial charge in [0.15, 0.2) is 0 Å². The molecule has 0 heterocycles. The summed E-state index contributed by atoms with van der Waals surface area (Å²) in [5.74, 6) is -0.453. The van der Waals surface area contributed by atoms with Gasteiger partial charge >= 0.3 is 5.97 Å². The maximum atomic E-state index is 11.1.